The molecule has 0 aliphatic rings. The number of thioether (sulfide) groups is 1. The molecule has 0 saturated heterocycles. The average Bonchev–Trinajstić information content (AvgIpc) is 2.66. The quantitative estimate of drug-likeness (QED) is 0.500. The predicted octanol–water partition coefficient (Wildman–Crippen LogP) is 1.98. The van der Waals surface area contributed by atoms with Crippen LogP contribution in [0.3, 0.4) is 0 Å². The molecule has 0 fully saturated rings. The molecule has 27 heavy (non-hydrogen) atoms. The molecule has 0 aliphatic carbocycles. The fourth-order valence-corrected chi connectivity index (χ4v) is 3.12. The number of rotatable bonds is 6. The van der Waals surface area contributed by atoms with Crippen LogP contribution in [-0.2, 0) is 11.2 Å². The molecule has 138 valence electrons. The number of aromatic nitrogens is 3. The Morgan fingerprint density at radius 1 is 1.15 bits per heavy atom. The van der Waals surface area contributed by atoms with Crippen molar-refractivity contribution < 1.29 is 4.79 Å². The number of nitrogens with two attached hydrogens (primary N) is 1. The van der Waals surface area contributed by atoms with Crippen LogP contribution in [0.5, 0.6) is 0 Å². The molecular weight excluding hydrogens is 362 g/mol. The van der Waals surface area contributed by atoms with Gasteiger partial charge in [-0.1, -0.05) is 54.2 Å². The van der Waals surface area contributed by atoms with Gasteiger partial charge in [-0.2, -0.15) is 4.68 Å². The normalized spacial score (nSPS) is 10.6. The molecule has 0 aliphatic heterocycles. The summed E-state index contributed by atoms with van der Waals surface area (Å²) in [5, 5.41) is 11.0. The fraction of sp³-hybridized carbons (Fsp3) is 0.158. The van der Waals surface area contributed by atoms with E-state index in [9.17, 15) is 9.59 Å². The van der Waals surface area contributed by atoms with Crippen molar-refractivity contribution in [3.63, 3.8) is 0 Å². The third-order valence-electron chi connectivity index (χ3n) is 3.78. The lowest BCUT2D eigenvalue weighted by molar-refractivity contribution is -0.113. The largest absolute Gasteiger partial charge is 0.334 e. The second-order valence-corrected chi connectivity index (χ2v) is 6.92. The molecule has 3 aromatic rings. The van der Waals surface area contributed by atoms with Crippen LogP contribution in [0.25, 0.3) is 0 Å². The molecule has 0 spiro atoms. The minimum absolute atomic E-state index is 0.0668. The predicted molar refractivity (Wildman–Crippen MR) is 106 cm³/mol. The Morgan fingerprint density at radius 3 is 2.67 bits per heavy atom. The van der Waals surface area contributed by atoms with Gasteiger partial charge in [0.1, 0.15) is 5.69 Å². The van der Waals surface area contributed by atoms with Crippen molar-refractivity contribution in [3.8, 4) is 0 Å². The number of carbonyl (C=O) groups is 1. The monoisotopic (exact) mass is 381 g/mol. The highest BCUT2D eigenvalue weighted by Crippen LogP contribution is 2.14. The van der Waals surface area contributed by atoms with Crippen molar-refractivity contribution in [2.45, 2.75) is 18.5 Å². The van der Waals surface area contributed by atoms with E-state index in [1.165, 1.54) is 0 Å². The van der Waals surface area contributed by atoms with Crippen LogP contribution in [0.4, 0.5) is 5.69 Å². The van der Waals surface area contributed by atoms with Crippen molar-refractivity contribution in [3.05, 3.63) is 81.8 Å². The van der Waals surface area contributed by atoms with Gasteiger partial charge in [0.15, 0.2) is 0 Å². The van der Waals surface area contributed by atoms with Gasteiger partial charge < -0.3 is 11.2 Å². The van der Waals surface area contributed by atoms with Crippen LogP contribution in [0, 0.1) is 6.92 Å². The summed E-state index contributed by atoms with van der Waals surface area (Å²) < 4.78 is 0.940. The Morgan fingerprint density at radius 2 is 1.93 bits per heavy atom. The van der Waals surface area contributed by atoms with E-state index in [-0.39, 0.29) is 22.5 Å². The van der Waals surface area contributed by atoms with Gasteiger partial charge in [0.25, 0.3) is 5.56 Å². The average molecular weight is 381 g/mol. The summed E-state index contributed by atoms with van der Waals surface area (Å²) in [6.07, 6.45) is 0.350. The molecular formula is C19H19N5O2S. The molecule has 1 amide bonds. The van der Waals surface area contributed by atoms with E-state index in [1.807, 2.05) is 61.5 Å². The summed E-state index contributed by atoms with van der Waals surface area (Å²) >= 11 is 1.06. The number of anilines is 1. The van der Waals surface area contributed by atoms with Gasteiger partial charge in [0.05, 0.1) is 5.75 Å². The first kappa shape index (κ1) is 18.7. The lowest BCUT2D eigenvalue weighted by Gasteiger charge is -2.08. The summed E-state index contributed by atoms with van der Waals surface area (Å²) in [7, 11) is 0. The van der Waals surface area contributed by atoms with Crippen LogP contribution < -0.4 is 16.7 Å². The van der Waals surface area contributed by atoms with Gasteiger partial charge in [0.2, 0.25) is 11.1 Å². The Kier molecular flexibility index (Phi) is 5.87. The molecule has 0 unspecified atom stereocenters. The zero-order valence-corrected chi connectivity index (χ0v) is 15.6. The van der Waals surface area contributed by atoms with E-state index >= 15 is 0 Å². The first-order chi connectivity index (χ1) is 13.0. The van der Waals surface area contributed by atoms with Gasteiger partial charge in [-0.05, 0) is 30.2 Å². The maximum absolute atomic E-state index is 12.4. The number of amides is 1. The van der Waals surface area contributed by atoms with E-state index in [0.29, 0.717) is 6.42 Å². The maximum atomic E-state index is 12.4. The van der Waals surface area contributed by atoms with Crippen molar-refractivity contribution in [1.82, 2.24) is 14.9 Å². The van der Waals surface area contributed by atoms with Crippen LogP contribution in [0.15, 0.2) is 64.5 Å². The number of hydrogen-bond acceptors (Lipinski definition) is 6. The summed E-state index contributed by atoms with van der Waals surface area (Å²) in [5.74, 6) is 5.70. The number of hydrogen-bond donors (Lipinski definition) is 2. The second-order valence-electron chi connectivity index (χ2n) is 5.97. The lowest BCUT2D eigenvalue weighted by Crippen LogP contribution is -2.34. The molecule has 3 rings (SSSR count). The molecule has 0 radical (unpaired) electrons. The van der Waals surface area contributed by atoms with Crippen LogP contribution in [0.2, 0.25) is 0 Å². The van der Waals surface area contributed by atoms with E-state index in [2.05, 4.69) is 15.5 Å². The molecule has 3 N–H and O–H groups in total. The molecule has 7 nitrogen and oxygen atoms in total. The number of aryl methyl sites for hydroxylation is 1. The minimum Gasteiger partial charge on any atom is -0.334 e. The molecule has 1 aromatic heterocycles. The SMILES string of the molecule is Cc1cccc(NC(=O)CSc2nnc(Cc3ccccc3)c(=O)n2N)c1. The van der Waals surface area contributed by atoms with E-state index in [0.717, 1.165) is 33.3 Å². The van der Waals surface area contributed by atoms with Crippen LogP contribution in [0.1, 0.15) is 16.8 Å². The van der Waals surface area contributed by atoms with Gasteiger partial charge >= 0.3 is 0 Å². The number of nitrogens with one attached hydrogen (secondary N) is 1. The number of nitrogens with zero attached hydrogens (tertiary/aromatic N) is 3. The smallest absolute Gasteiger partial charge is 0.294 e. The molecule has 2 aromatic carbocycles. The Bertz CT molecular complexity index is 1000. The summed E-state index contributed by atoms with van der Waals surface area (Å²) in [4.78, 5) is 24.5. The van der Waals surface area contributed by atoms with Crippen molar-refractivity contribution in [2.24, 2.45) is 0 Å². The zero-order valence-electron chi connectivity index (χ0n) is 14.8. The first-order valence-corrected chi connectivity index (χ1v) is 9.28. The summed E-state index contributed by atoms with van der Waals surface area (Å²) in [6.45, 7) is 1.95. The molecule has 0 bridgehead atoms. The Labute approximate surface area is 160 Å². The maximum Gasteiger partial charge on any atom is 0.294 e. The van der Waals surface area contributed by atoms with E-state index in [1.54, 1.807) is 0 Å². The van der Waals surface area contributed by atoms with Crippen molar-refractivity contribution in [2.75, 3.05) is 16.9 Å². The first-order valence-electron chi connectivity index (χ1n) is 8.30. The highest BCUT2D eigenvalue weighted by atomic mass is 32.2. The number of nitrogen functional groups attached to an aromatic ring is 1. The minimum atomic E-state index is -0.421. The molecule has 8 heteroatoms. The third-order valence-corrected chi connectivity index (χ3v) is 4.72. The van der Waals surface area contributed by atoms with Crippen LogP contribution >= 0.6 is 11.8 Å². The second kappa shape index (κ2) is 8.50. The summed E-state index contributed by atoms with van der Waals surface area (Å²) in [6, 6.07) is 17.0. The Hall–Kier alpha value is -3.13. The van der Waals surface area contributed by atoms with Crippen molar-refractivity contribution >= 4 is 23.4 Å². The van der Waals surface area contributed by atoms with Gasteiger partial charge in [-0.15, -0.1) is 10.2 Å². The Balaban J connectivity index is 1.64. The highest BCUT2D eigenvalue weighted by Gasteiger charge is 2.13. The number of benzene rings is 2. The molecule has 1 heterocycles. The van der Waals surface area contributed by atoms with Crippen molar-refractivity contribution in [1.29, 1.82) is 0 Å². The molecule has 0 atom stereocenters. The highest BCUT2D eigenvalue weighted by molar-refractivity contribution is 7.99. The molecule has 0 saturated carbocycles. The van der Waals surface area contributed by atoms with Gasteiger partial charge in [-0.25, -0.2) is 0 Å². The van der Waals surface area contributed by atoms with Gasteiger partial charge in [0, 0.05) is 12.1 Å². The zero-order chi connectivity index (χ0) is 19.2. The van der Waals surface area contributed by atoms with Gasteiger partial charge in [-0.3, -0.25) is 9.59 Å². The number of carbonyl (C=O) groups excluding carboxylic acids is 1. The standard InChI is InChI=1S/C19H19N5O2S/c1-13-6-5-9-15(10-13)21-17(25)12-27-19-23-22-16(18(26)24(19)20)11-14-7-3-2-4-8-14/h2-10H,11-12,20H2,1H3,(H,21,25). The lowest BCUT2D eigenvalue weighted by atomic mass is 10.1. The summed E-state index contributed by atoms with van der Waals surface area (Å²) in [5.41, 5.74) is 2.56. The third kappa shape index (κ3) is 4.95. The van der Waals surface area contributed by atoms with E-state index in [4.69, 9.17) is 5.84 Å². The topological polar surface area (TPSA) is 103 Å². The van der Waals surface area contributed by atoms with Crippen LogP contribution in [-0.4, -0.2) is 26.5 Å². The van der Waals surface area contributed by atoms with E-state index < -0.39 is 5.56 Å². The fourth-order valence-electron chi connectivity index (χ4n) is 2.47.